The van der Waals surface area contributed by atoms with E-state index >= 15 is 0 Å². The molecule has 1 aliphatic carbocycles. The second-order valence-electron chi connectivity index (χ2n) is 6.36. The van der Waals surface area contributed by atoms with Crippen molar-refractivity contribution < 1.29 is 9.59 Å². The third-order valence-corrected chi connectivity index (χ3v) is 5.03. The largest absolute Gasteiger partial charge is 0.348 e. The van der Waals surface area contributed by atoms with E-state index in [2.05, 4.69) is 22.1 Å². The van der Waals surface area contributed by atoms with Crippen LogP contribution in [0.2, 0.25) is 0 Å². The number of likely N-dealkylation sites (N-methyl/N-ethyl adjacent to an activating group) is 1. The zero-order valence-electron chi connectivity index (χ0n) is 14.5. The fourth-order valence-electron chi connectivity index (χ4n) is 2.88. The van der Waals surface area contributed by atoms with Crippen molar-refractivity contribution in [1.82, 2.24) is 15.5 Å². The fourth-order valence-corrected chi connectivity index (χ4v) is 3.59. The van der Waals surface area contributed by atoms with E-state index in [-0.39, 0.29) is 6.04 Å². The molecular weight excluding hydrogens is 322 g/mol. The molecule has 2 N–H and O–H groups in total. The lowest BCUT2D eigenvalue weighted by Crippen LogP contribution is -2.43. The highest BCUT2D eigenvalue weighted by Gasteiger charge is 2.18. The normalized spacial score (nSPS) is 15.7. The Labute approximate surface area is 148 Å². The van der Waals surface area contributed by atoms with Crippen LogP contribution in [-0.4, -0.2) is 43.9 Å². The summed E-state index contributed by atoms with van der Waals surface area (Å²) in [6, 6.07) is 2.11. The summed E-state index contributed by atoms with van der Waals surface area (Å²) >= 11 is 1.63. The molecule has 1 heterocycles. The standard InChI is InChI=1S/C18H27N3O2S/c1-21(2)16(15-9-11-24-13-15)12-20-18(23)17(22)19-10-8-14-6-4-3-5-7-14/h6,9,11,13,16H,3-5,7-8,10,12H2,1-2H3,(H,19,22)(H,20,23)/t16-/m0/s1. The minimum Gasteiger partial charge on any atom is -0.348 e. The number of hydrogen-bond donors (Lipinski definition) is 2. The molecule has 5 nitrogen and oxygen atoms in total. The molecule has 0 aliphatic heterocycles. The lowest BCUT2D eigenvalue weighted by molar-refractivity contribution is -0.139. The van der Waals surface area contributed by atoms with Crippen LogP contribution >= 0.6 is 11.3 Å². The number of hydrogen-bond acceptors (Lipinski definition) is 4. The molecule has 24 heavy (non-hydrogen) atoms. The lowest BCUT2D eigenvalue weighted by atomic mass is 9.97. The van der Waals surface area contributed by atoms with E-state index in [0.29, 0.717) is 13.1 Å². The van der Waals surface area contributed by atoms with Gasteiger partial charge in [-0.2, -0.15) is 11.3 Å². The predicted octanol–water partition coefficient (Wildman–Crippen LogP) is 2.47. The van der Waals surface area contributed by atoms with Gasteiger partial charge in [0.1, 0.15) is 0 Å². The van der Waals surface area contributed by atoms with Crippen LogP contribution in [0.1, 0.15) is 43.7 Å². The van der Waals surface area contributed by atoms with Gasteiger partial charge in [0.25, 0.3) is 0 Å². The minimum absolute atomic E-state index is 0.0698. The van der Waals surface area contributed by atoms with E-state index < -0.39 is 11.8 Å². The molecule has 1 aliphatic rings. The van der Waals surface area contributed by atoms with Crippen molar-refractivity contribution in [2.45, 2.75) is 38.1 Å². The van der Waals surface area contributed by atoms with Gasteiger partial charge in [-0.3, -0.25) is 9.59 Å². The average molecular weight is 350 g/mol. The highest BCUT2D eigenvalue weighted by atomic mass is 32.1. The molecule has 0 bridgehead atoms. The van der Waals surface area contributed by atoms with Crippen LogP contribution in [-0.2, 0) is 9.59 Å². The topological polar surface area (TPSA) is 61.4 Å². The maximum absolute atomic E-state index is 12.0. The summed E-state index contributed by atoms with van der Waals surface area (Å²) in [6.07, 6.45) is 7.85. The van der Waals surface area contributed by atoms with Crippen molar-refractivity contribution >= 4 is 23.2 Å². The molecule has 0 radical (unpaired) electrons. The van der Waals surface area contributed by atoms with E-state index in [0.717, 1.165) is 24.8 Å². The van der Waals surface area contributed by atoms with Crippen LogP contribution in [0.3, 0.4) is 0 Å². The lowest BCUT2D eigenvalue weighted by Gasteiger charge is -2.23. The first kappa shape index (κ1) is 18.7. The molecule has 0 saturated carbocycles. The summed E-state index contributed by atoms with van der Waals surface area (Å²) in [4.78, 5) is 25.9. The quantitative estimate of drug-likeness (QED) is 0.587. The van der Waals surface area contributed by atoms with E-state index in [4.69, 9.17) is 0 Å². The smallest absolute Gasteiger partial charge is 0.309 e. The average Bonchev–Trinajstić information content (AvgIpc) is 3.09. The third-order valence-electron chi connectivity index (χ3n) is 4.33. The molecule has 6 heteroatoms. The van der Waals surface area contributed by atoms with Gasteiger partial charge in [0.15, 0.2) is 0 Å². The molecule has 0 unspecified atom stereocenters. The number of carbonyl (C=O) groups excluding carboxylic acids is 2. The maximum atomic E-state index is 12.0. The number of nitrogens with zero attached hydrogens (tertiary/aromatic N) is 1. The second-order valence-corrected chi connectivity index (χ2v) is 7.14. The minimum atomic E-state index is -0.560. The Kier molecular flexibility index (Phi) is 7.46. The number of allylic oxidation sites excluding steroid dienone is 1. The van der Waals surface area contributed by atoms with Gasteiger partial charge in [0.05, 0.1) is 6.04 Å². The van der Waals surface area contributed by atoms with Gasteiger partial charge in [-0.05, 0) is 68.6 Å². The van der Waals surface area contributed by atoms with Gasteiger partial charge in [-0.15, -0.1) is 0 Å². The molecule has 0 aromatic carbocycles. The van der Waals surface area contributed by atoms with Crippen LogP contribution in [0.5, 0.6) is 0 Å². The molecular formula is C18H27N3O2S. The SMILES string of the molecule is CN(C)[C@@H](CNC(=O)C(=O)NCCC1=CCCCC1)c1ccsc1. The first-order valence-electron chi connectivity index (χ1n) is 8.50. The summed E-state index contributed by atoms with van der Waals surface area (Å²) in [5, 5.41) is 9.53. The molecule has 0 spiro atoms. The van der Waals surface area contributed by atoms with Crippen LogP contribution in [0.4, 0.5) is 0 Å². The Morgan fingerprint density at radius 3 is 2.67 bits per heavy atom. The van der Waals surface area contributed by atoms with Gasteiger partial charge < -0.3 is 15.5 Å². The van der Waals surface area contributed by atoms with Crippen LogP contribution in [0.15, 0.2) is 28.5 Å². The Morgan fingerprint density at radius 2 is 2.04 bits per heavy atom. The summed E-state index contributed by atoms with van der Waals surface area (Å²) in [7, 11) is 3.93. The number of nitrogens with one attached hydrogen (secondary N) is 2. The fraction of sp³-hybridized carbons (Fsp3) is 0.556. The van der Waals surface area contributed by atoms with Gasteiger partial charge in [-0.1, -0.05) is 11.6 Å². The number of carbonyl (C=O) groups is 2. The Morgan fingerprint density at radius 1 is 1.25 bits per heavy atom. The Bertz CT molecular complexity index is 567. The van der Waals surface area contributed by atoms with Crippen molar-refractivity contribution in [2.24, 2.45) is 0 Å². The van der Waals surface area contributed by atoms with Crippen LogP contribution < -0.4 is 10.6 Å². The van der Waals surface area contributed by atoms with Crippen LogP contribution in [0.25, 0.3) is 0 Å². The molecule has 2 rings (SSSR count). The van der Waals surface area contributed by atoms with E-state index in [1.807, 2.05) is 30.4 Å². The Balaban J connectivity index is 1.72. The van der Waals surface area contributed by atoms with Gasteiger partial charge >= 0.3 is 11.8 Å². The van der Waals surface area contributed by atoms with E-state index in [9.17, 15) is 9.59 Å². The van der Waals surface area contributed by atoms with Gasteiger partial charge in [0.2, 0.25) is 0 Å². The van der Waals surface area contributed by atoms with Crippen LogP contribution in [0, 0.1) is 0 Å². The number of thiophene rings is 1. The molecule has 1 aromatic heterocycles. The zero-order valence-corrected chi connectivity index (χ0v) is 15.3. The maximum Gasteiger partial charge on any atom is 0.309 e. The summed E-state index contributed by atoms with van der Waals surface area (Å²) in [5.74, 6) is -1.11. The number of amides is 2. The summed E-state index contributed by atoms with van der Waals surface area (Å²) in [5.41, 5.74) is 2.54. The molecule has 2 amide bonds. The first-order chi connectivity index (χ1) is 11.6. The molecule has 1 aromatic rings. The first-order valence-corrected chi connectivity index (χ1v) is 9.44. The van der Waals surface area contributed by atoms with Crippen molar-refractivity contribution in [1.29, 1.82) is 0 Å². The van der Waals surface area contributed by atoms with Crippen molar-refractivity contribution in [3.63, 3.8) is 0 Å². The summed E-state index contributed by atoms with van der Waals surface area (Å²) < 4.78 is 0. The van der Waals surface area contributed by atoms with Crippen molar-refractivity contribution in [2.75, 3.05) is 27.2 Å². The summed E-state index contributed by atoms with van der Waals surface area (Å²) in [6.45, 7) is 0.945. The van der Waals surface area contributed by atoms with E-state index in [1.165, 1.54) is 18.4 Å². The predicted molar refractivity (Wildman–Crippen MR) is 97.9 cm³/mol. The molecule has 0 fully saturated rings. The number of rotatable bonds is 7. The van der Waals surface area contributed by atoms with Gasteiger partial charge in [-0.25, -0.2) is 0 Å². The highest BCUT2D eigenvalue weighted by molar-refractivity contribution is 7.07. The van der Waals surface area contributed by atoms with Crippen molar-refractivity contribution in [3.05, 3.63) is 34.0 Å². The zero-order chi connectivity index (χ0) is 17.4. The highest BCUT2D eigenvalue weighted by Crippen LogP contribution is 2.20. The molecule has 0 saturated heterocycles. The second kappa shape index (κ2) is 9.59. The molecule has 1 atom stereocenters. The Hall–Kier alpha value is -1.66. The van der Waals surface area contributed by atoms with E-state index in [1.54, 1.807) is 11.3 Å². The van der Waals surface area contributed by atoms with Gasteiger partial charge in [0, 0.05) is 13.1 Å². The third kappa shape index (κ3) is 5.76. The monoisotopic (exact) mass is 349 g/mol. The molecule has 132 valence electrons. The van der Waals surface area contributed by atoms with Crippen molar-refractivity contribution in [3.8, 4) is 0 Å².